The summed E-state index contributed by atoms with van der Waals surface area (Å²) in [5.74, 6) is 4.10. The van der Waals surface area contributed by atoms with Gasteiger partial charge in [0, 0.05) is 0 Å². The lowest BCUT2D eigenvalue weighted by Crippen LogP contribution is -2.56. The number of hydrogen-bond donors (Lipinski definition) is 0. The second-order valence-electron chi connectivity index (χ2n) is 9.51. The van der Waals surface area contributed by atoms with E-state index in [0.29, 0.717) is 18.6 Å². The molecule has 0 radical (unpaired) electrons. The zero-order valence-electron chi connectivity index (χ0n) is 17.0. The Hall–Kier alpha value is -1.12. The minimum atomic E-state index is -1.37. The summed E-state index contributed by atoms with van der Waals surface area (Å²) < 4.78 is 6.11. The van der Waals surface area contributed by atoms with Crippen LogP contribution in [-0.2, 0) is 16.2 Å². The molecule has 0 aromatic heterocycles. The van der Waals surface area contributed by atoms with E-state index in [1.807, 2.05) is 6.07 Å². The zero-order chi connectivity index (χ0) is 18.9. The number of nitrogens with zero attached hydrogens (tertiary/aromatic N) is 1. The van der Waals surface area contributed by atoms with E-state index in [-0.39, 0.29) is 11.6 Å². The van der Waals surface area contributed by atoms with Gasteiger partial charge in [-0.05, 0) is 44.1 Å². The molecule has 3 nitrogen and oxygen atoms in total. The Balaban J connectivity index is 1.47. The van der Waals surface area contributed by atoms with Crippen LogP contribution in [0.2, 0.25) is 19.6 Å². The Labute approximate surface area is 165 Å². The smallest absolute Gasteiger partial charge is 0.129 e. The molecule has 4 rings (SSSR count). The van der Waals surface area contributed by atoms with Crippen LogP contribution in [0.15, 0.2) is 30.3 Å². The summed E-state index contributed by atoms with van der Waals surface area (Å²) in [5.41, 5.74) is 5.02. The van der Waals surface area contributed by atoms with Crippen molar-refractivity contribution in [2.75, 3.05) is 6.61 Å². The fourth-order valence-corrected chi connectivity index (χ4v) is 5.64. The average molecular weight is 384 g/mol. The van der Waals surface area contributed by atoms with Crippen LogP contribution in [0.3, 0.4) is 0 Å². The molecule has 2 saturated heterocycles. The van der Waals surface area contributed by atoms with Gasteiger partial charge in [-0.2, -0.15) is 5.06 Å². The van der Waals surface area contributed by atoms with Gasteiger partial charge < -0.3 is 4.74 Å². The van der Waals surface area contributed by atoms with Crippen molar-refractivity contribution in [1.82, 2.24) is 5.06 Å². The van der Waals surface area contributed by atoms with Crippen LogP contribution in [0.5, 0.6) is 0 Å². The molecule has 2 heterocycles. The average Bonchev–Trinajstić information content (AvgIpc) is 2.81. The van der Waals surface area contributed by atoms with Gasteiger partial charge in [0.1, 0.15) is 8.07 Å². The van der Waals surface area contributed by atoms with Gasteiger partial charge >= 0.3 is 0 Å². The van der Waals surface area contributed by atoms with E-state index in [1.54, 1.807) is 0 Å². The van der Waals surface area contributed by atoms with Gasteiger partial charge in [0.05, 0.1) is 36.8 Å². The molecular weight excluding hydrogens is 350 g/mol. The van der Waals surface area contributed by atoms with Crippen molar-refractivity contribution in [1.29, 1.82) is 0 Å². The Morgan fingerprint density at radius 2 is 1.89 bits per heavy atom. The second kappa shape index (κ2) is 7.71. The van der Waals surface area contributed by atoms with Gasteiger partial charge in [0.2, 0.25) is 0 Å². The SMILES string of the molecule is C[Si](C)(C)C#C[C@@H]1[C@@H]2CCC[C@]13CCC[C@@H](COCc1ccccc1)N3O2. The Bertz CT molecular complexity index is 701. The molecule has 1 aromatic carbocycles. The summed E-state index contributed by atoms with van der Waals surface area (Å²) in [5, 5.41) is 2.36. The van der Waals surface area contributed by atoms with Crippen LogP contribution in [-0.4, -0.2) is 37.4 Å². The van der Waals surface area contributed by atoms with Crippen LogP contribution in [0.1, 0.15) is 44.1 Å². The van der Waals surface area contributed by atoms with Crippen molar-refractivity contribution in [2.45, 2.75) is 82.5 Å². The maximum atomic E-state index is 6.54. The van der Waals surface area contributed by atoms with E-state index in [4.69, 9.17) is 9.57 Å². The summed E-state index contributed by atoms with van der Waals surface area (Å²) in [6.07, 6.45) is 7.59. The molecule has 0 N–H and O–H groups in total. The molecule has 0 unspecified atom stereocenters. The van der Waals surface area contributed by atoms with Crippen molar-refractivity contribution < 1.29 is 9.57 Å². The summed E-state index contributed by atoms with van der Waals surface area (Å²) in [6, 6.07) is 10.8. The number of benzene rings is 1. The third kappa shape index (κ3) is 4.02. The van der Waals surface area contributed by atoms with E-state index < -0.39 is 8.07 Å². The number of ether oxygens (including phenoxy) is 1. The Kier molecular flexibility index (Phi) is 5.49. The van der Waals surface area contributed by atoms with Gasteiger partial charge in [-0.3, -0.25) is 4.84 Å². The number of hydrogen-bond acceptors (Lipinski definition) is 3. The first kappa shape index (κ1) is 19.2. The van der Waals surface area contributed by atoms with Crippen molar-refractivity contribution in [2.24, 2.45) is 5.92 Å². The molecule has 1 aliphatic carbocycles. The largest absolute Gasteiger partial charge is 0.375 e. The number of rotatable bonds is 4. The number of piperidine rings is 1. The van der Waals surface area contributed by atoms with Crippen molar-refractivity contribution in [3.05, 3.63) is 35.9 Å². The molecule has 4 heteroatoms. The summed E-state index contributed by atoms with van der Waals surface area (Å²) in [4.78, 5) is 6.54. The van der Waals surface area contributed by atoms with E-state index >= 15 is 0 Å². The molecule has 2 aliphatic heterocycles. The quantitative estimate of drug-likeness (QED) is 0.551. The molecule has 3 aliphatic rings. The Morgan fingerprint density at radius 3 is 2.63 bits per heavy atom. The van der Waals surface area contributed by atoms with Crippen molar-refractivity contribution >= 4 is 8.07 Å². The maximum Gasteiger partial charge on any atom is 0.129 e. The first-order valence-corrected chi connectivity index (χ1v) is 14.1. The van der Waals surface area contributed by atoms with Crippen LogP contribution in [0.4, 0.5) is 0 Å². The van der Waals surface area contributed by atoms with Crippen LogP contribution in [0, 0.1) is 17.4 Å². The summed E-state index contributed by atoms with van der Waals surface area (Å²) in [6.45, 7) is 8.43. The number of fused-ring (bicyclic) bond motifs is 1. The van der Waals surface area contributed by atoms with Crippen molar-refractivity contribution in [3.8, 4) is 11.5 Å². The van der Waals surface area contributed by atoms with Crippen LogP contribution < -0.4 is 0 Å². The third-order valence-corrected chi connectivity index (χ3v) is 7.13. The van der Waals surface area contributed by atoms with Crippen LogP contribution in [0.25, 0.3) is 0 Å². The minimum Gasteiger partial charge on any atom is -0.375 e. The van der Waals surface area contributed by atoms with E-state index in [0.717, 1.165) is 19.4 Å². The van der Waals surface area contributed by atoms with E-state index in [1.165, 1.54) is 31.2 Å². The van der Waals surface area contributed by atoms with Gasteiger partial charge in [0.15, 0.2) is 0 Å². The van der Waals surface area contributed by atoms with Gasteiger partial charge in [-0.15, -0.1) is 11.5 Å². The molecule has 1 aromatic rings. The normalized spacial score (nSPS) is 33.2. The summed E-state index contributed by atoms with van der Waals surface area (Å²) in [7, 11) is -1.37. The van der Waals surface area contributed by atoms with Crippen molar-refractivity contribution in [3.63, 3.8) is 0 Å². The molecule has 3 fully saturated rings. The topological polar surface area (TPSA) is 21.7 Å². The Morgan fingerprint density at radius 1 is 1.15 bits per heavy atom. The molecule has 1 saturated carbocycles. The highest BCUT2D eigenvalue weighted by atomic mass is 28.3. The lowest BCUT2D eigenvalue weighted by Gasteiger charge is -2.47. The zero-order valence-corrected chi connectivity index (χ0v) is 18.0. The number of hydroxylamine groups is 2. The van der Waals surface area contributed by atoms with E-state index in [9.17, 15) is 0 Å². The summed E-state index contributed by atoms with van der Waals surface area (Å²) >= 11 is 0. The fourth-order valence-electron chi connectivity index (χ4n) is 5.05. The minimum absolute atomic E-state index is 0.134. The molecule has 146 valence electrons. The maximum absolute atomic E-state index is 6.54. The fraction of sp³-hybridized carbons (Fsp3) is 0.652. The first-order valence-electron chi connectivity index (χ1n) is 10.6. The monoisotopic (exact) mass is 383 g/mol. The standard InChI is InChI=1S/C23H33NO2Si/c1-27(2,3)16-13-21-22-12-8-15-23(21)14-7-11-20(24(23)26-22)18-25-17-19-9-5-4-6-10-19/h4-6,9-10,20-22H,7-8,11-12,14-15,17-18H2,1-3H3/t20-,21+,22-,23+/m0/s1. The lowest BCUT2D eigenvalue weighted by molar-refractivity contribution is -0.231. The van der Waals surface area contributed by atoms with E-state index in [2.05, 4.69) is 60.4 Å². The molecular formula is C23H33NO2Si. The first-order chi connectivity index (χ1) is 13.0. The predicted molar refractivity (Wildman–Crippen MR) is 112 cm³/mol. The lowest BCUT2D eigenvalue weighted by atomic mass is 9.68. The third-order valence-electron chi connectivity index (χ3n) is 6.24. The second-order valence-corrected chi connectivity index (χ2v) is 14.3. The predicted octanol–water partition coefficient (Wildman–Crippen LogP) is 4.79. The van der Waals surface area contributed by atoms with Gasteiger partial charge in [-0.1, -0.05) is 50.0 Å². The molecule has 2 bridgehead atoms. The molecule has 0 amide bonds. The molecule has 4 atom stereocenters. The van der Waals surface area contributed by atoms with Crippen LogP contribution >= 0.6 is 0 Å². The highest BCUT2D eigenvalue weighted by molar-refractivity contribution is 6.83. The highest BCUT2D eigenvalue weighted by Crippen LogP contribution is 2.52. The molecule has 1 spiro atoms. The molecule has 27 heavy (non-hydrogen) atoms. The highest BCUT2D eigenvalue weighted by Gasteiger charge is 2.59. The van der Waals surface area contributed by atoms with Gasteiger partial charge in [0.25, 0.3) is 0 Å². The van der Waals surface area contributed by atoms with Gasteiger partial charge in [-0.25, -0.2) is 0 Å².